The number of nitrogens with one attached hydrogen (secondary N) is 1. The minimum atomic E-state index is 0.155. The molecule has 0 aliphatic heterocycles. The monoisotopic (exact) mass is 301 g/mol. The lowest BCUT2D eigenvalue weighted by Crippen LogP contribution is -2.37. The van der Waals surface area contributed by atoms with E-state index in [9.17, 15) is 4.79 Å². The van der Waals surface area contributed by atoms with Gasteiger partial charge in [0.2, 0.25) is 5.91 Å². The van der Waals surface area contributed by atoms with Gasteiger partial charge in [-0.3, -0.25) is 4.79 Å². The SMILES string of the molecule is CCCCCCCCCCCC(=O)NC1CCCC1Cl. The van der Waals surface area contributed by atoms with Crippen LogP contribution in [0.3, 0.4) is 0 Å². The van der Waals surface area contributed by atoms with Crippen LogP contribution in [0.4, 0.5) is 0 Å². The van der Waals surface area contributed by atoms with Gasteiger partial charge >= 0.3 is 0 Å². The van der Waals surface area contributed by atoms with E-state index >= 15 is 0 Å². The molecular formula is C17H32ClNO. The second-order valence-electron chi connectivity index (χ2n) is 6.20. The molecule has 0 aromatic rings. The molecule has 20 heavy (non-hydrogen) atoms. The number of hydrogen-bond acceptors (Lipinski definition) is 1. The molecule has 1 aliphatic carbocycles. The van der Waals surface area contributed by atoms with Crippen LogP contribution in [0.5, 0.6) is 0 Å². The molecule has 0 saturated heterocycles. The summed E-state index contributed by atoms with van der Waals surface area (Å²) in [5.41, 5.74) is 0. The lowest BCUT2D eigenvalue weighted by Gasteiger charge is -2.15. The molecule has 2 atom stereocenters. The second-order valence-corrected chi connectivity index (χ2v) is 6.76. The quantitative estimate of drug-likeness (QED) is 0.413. The summed E-state index contributed by atoms with van der Waals surface area (Å²) in [6.45, 7) is 2.25. The summed E-state index contributed by atoms with van der Waals surface area (Å²) in [7, 11) is 0. The summed E-state index contributed by atoms with van der Waals surface area (Å²) in [4.78, 5) is 11.8. The normalized spacial score (nSPS) is 22.1. The fourth-order valence-electron chi connectivity index (χ4n) is 2.95. The minimum absolute atomic E-state index is 0.155. The lowest BCUT2D eigenvalue weighted by atomic mass is 10.1. The third kappa shape index (κ3) is 8.14. The second kappa shape index (κ2) is 11.4. The van der Waals surface area contributed by atoms with Gasteiger partial charge in [0.1, 0.15) is 0 Å². The largest absolute Gasteiger partial charge is 0.352 e. The highest BCUT2D eigenvalue weighted by Crippen LogP contribution is 2.24. The van der Waals surface area contributed by atoms with Crippen molar-refractivity contribution in [3.05, 3.63) is 0 Å². The molecule has 2 unspecified atom stereocenters. The van der Waals surface area contributed by atoms with Crippen molar-refractivity contribution in [3.63, 3.8) is 0 Å². The van der Waals surface area contributed by atoms with E-state index in [1.807, 2.05) is 0 Å². The van der Waals surface area contributed by atoms with Crippen LogP contribution in [0.1, 0.15) is 90.4 Å². The first-order valence-corrected chi connectivity index (χ1v) is 9.11. The van der Waals surface area contributed by atoms with Crippen LogP contribution >= 0.6 is 11.6 Å². The Kier molecular flexibility index (Phi) is 10.2. The molecule has 0 aromatic heterocycles. The van der Waals surface area contributed by atoms with Gasteiger partial charge in [0.05, 0.1) is 5.38 Å². The van der Waals surface area contributed by atoms with Gasteiger partial charge in [-0.15, -0.1) is 11.6 Å². The van der Waals surface area contributed by atoms with E-state index in [0.717, 1.165) is 25.7 Å². The summed E-state index contributed by atoms with van der Waals surface area (Å²) >= 11 is 6.16. The van der Waals surface area contributed by atoms with Crippen LogP contribution < -0.4 is 5.32 Å². The first-order valence-electron chi connectivity index (χ1n) is 8.67. The molecule has 1 saturated carbocycles. The number of carbonyl (C=O) groups is 1. The molecule has 118 valence electrons. The Bertz CT molecular complexity index is 257. The fraction of sp³-hybridized carbons (Fsp3) is 0.941. The van der Waals surface area contributed by atoms with Crippen molar-refractivity contribution in [2.45, 2.75) is 102 Å². The van der Waals surface area contributed by atoms with E-state index in [-0.39, 0.29) is 17.3 Å². The Morgan fingerprint density at radius 3 is 2.15 bits per heavy atom. The maximum absolute atomic E-state index is 11.8. The van der Waals surface area contributed by atoms with Gasteiger partial charge < -0.3 is 5.32 Å². The number of unbranched alkanes of at least 4 members (excludes halogenated alkanes) is 8. The van der Waals surface area contributed by atoms with Gasteiger partial charge in [-0.05, 0) is 25.7 Å². The van der Waals surface area contributed by atoms with Crippen LogP contribution in [0.2, 0.25) is 0 Å². The molecule has 0 bridgehead atoms. The van der Waals surface area contributed by atoms with Crippen molar-refractivity contribution in [1.82, 2.24) is 5.32 Å². The van der Waals surface area contributed by atoms with E-state index in [1.54, 1.807) is 0 Å². The van der Waals surface area contributed by atoms with Crippen LogP contribution in [-0.4, -0.2) is 17.3 Å². The summed E-state index contributed by atoms with van der Waals surface area (Å²) in [5.74, 6) is 0.200. The highest BCUT2D eigenvalue weighted by Gasteiger charge is 2.26. The topological polar surface area (TPSA) is 29.1 Å². The van der Waals surface area contributed by atoms with Crippen molar-refractivity contribution >= 4 is 17.5 Å². The number of halogens is 1. The molecule has 1 fully saturated rings. The molecule has 2 nitrogen and oxygen atoms in total. The van der Waals surface area contributed by atoms with Crippen molar-refractivity contribution in [2.75, 3.05) is 0 Å². The summed E-state index contributed by atoms with van der Waals surface area (Å²) < 4.78 is 0. The Balaban J connectivity index is 1.87. The average Bonchev–Trinajstić information content (AvgIpc) is 2.82. The fourth-order valence-corrected chi connectivity index (χ4v) is 3.30. The van der Waals surface area contributed by atoms with Gasteiger partial charge in [-0.1, -0.05) is 58.3 Å². The van der Waals surface area contributed by atoms with Crippen molar-refractivity contribution < 1.29 is 4.79 Å². The number of rotatable bonds is 11. The Morgan fingerprint density at radius 2 is 1.60 bits per heavy atom. The van der Waals surface area contributed by atoms with Crippen LogP contribution in [0, 0.1) is 0 Å². The van der Waals surface area contributed by atoms with E-state index in [1.165, 1.54) is 51.4 Å². The number of carbonyl (C=O) groups excluding carboxylic acids is 1. The highest BCUT2D eigenvalue weighted by atomic mass is 35.5. The van der Waals surface area contributed by atoms with Gasteiger partial charge in [0, 0.05) is 12.5 Å². The van der Waals surface area contributed by atoms with Gasteiger partial charge in [-0.25, -0.2) is 0 Å². The molecule has 3 heteroatoms. The molecular weight excluding hydrogens is 270 g/mol. The summed E-state index contributed by atoms with van der Waals surface area (Å²) in [6.07, 6.45) is 15.6. The predicted molar refractivity (Wildman–Crippen MR) is 87.3 cm³/mol. The van der Waals surface area contributed by atoms with Crippen molar-refractivity contribution in [3.8, 4) is 0 Å². The van der Waals surface area contributed by atoms with Gasteiger partial charge in [0.25, 0.3) is 0 Å². The molecule has 0 aromatic carbocycles. The maximum atomic E-state index is 11.8. The molecule has 0 radical (unpaired) electrons. The van der Waals surface area contributed by atoms with Crippen molar-refractivity contribution in [1.29, 1.82) is 0 Å². The van der Waals surface area contributed by atoms with Crippen LogP contribution in [0.15, 0.2) is 0 Å². The smallest absolute Gasteiger partial charge is 0.220 e. The first-order chi connectivity index (χ1) is 9.74. The lowest BCUT2D eigenvalue weighted by molar-refractivity contribution is -0.121. The van der Waals surface area contributed by atoms with Gasteiger partial charge in [-0.2, -0.15) is 0 Å². The molecule has 1 aliphatic rings. The van der Waals surface area contributed by atoms with E-state index < -0.39 is 0 Å². The third-order valence-corrected chi connectivity index (χ3v) is 4.81. The Labute approximate surface area is 130 Å². The van der Waals surface area contributed by atoms with E-state index in [2.05, 4.69) is 12.2 Å². The number of hydrogen-bond donors (Lipinski definition) is 1. The average molecular weight is 302 g/mol. The minimum Gasteiger partial charge on any atom is -0.352 e. The zero-order chi connectivity index (χ0) is 14.6. The number of amides is 1. The highest BCUT2D eigenvalue weighted by molar-refractivity contribution is 6.21. The molecule has 1 N–H and O–H groups in total. The van der Waals surface area contributed by atoms with E-state index in [4.69, 9.17) is 11.6 Å². The summed E-state index contributed by atoms with van der Waals surface area (Å²) in [5, 5.41) is 3.24. The van der Waals surface area contributed by atoms with Crippen LogP contribution in [-0.2, 0) is 4.79 Å². The first kappa shape index (κ1) is 17.8. The summed E-state index contributed by atoms with van der Waals surface area (Å²) in [6, 6.07) is 0.225. The zero-order valence-electron chi connectivity index (χ0n) is 13.1. The molecule has 1 amide bonds. The standard InChI is InChI=1S/C17H32ClNO/c1-2-3-4-5-6-7-8-9-10-14-17(20)19-16-13-11-12-15(16)18/h15-16H,2-14H2,1H3,(H,19,20). The van der Waals surface area contributed by atoms with Gasteiger partial charge in [0.15, 0.2) is 0 Å². The zero-order valence-corrected chi connectivity index (χ0v) is 13.9. The van der Waals surface area contributed by atoms with Crippen molar-refractivity contribution in [2.24, 2.45) is 0 Å². The molecule has 1 rings (SSSR count). The van der Waals surface area contributed by atoms with E-state index in [0.29, 0.717) is 6.42 Å². The molecule has 0 heterocycles. The Hall–Kier alpha value is -0.240. The third-order valence-electron chi connectivity index (χ3n) is 4.29. The maximum Gasteiger partial charge on any atom is 0.220 e. The number of alkyl halides is 1. The molecule has 0 spiro atoms. The predicted octanol–water partition coefficient (Wildman–Crippen LogP) is 5.18. The van der Waals surface area contributed by atoms with Crippen LogP contribution in [0.25, 0.3) is 0 Å². The Morgan fingerprint density at radius 1 is 1.00 bits per heavy atom.